The van der Waals surface area contributed by atoms with Gasteiger partial charge in [-0.3, -0.25) is 0 Å². The summed E-state index contributed by atoms with van der Waals surface area (Å²) in [6.07, 6.45) is 2.41. The number of hydrogen-bond donors (Lipinski definition) is 2. The van der Waals surface area contributed by atoms with Crippen molar-refractivity contribution in [1.82, 2.24) is 10.2 Å². The molecule has 1 unspecified atom stereocenters. The molecule has 3 rings (SSSR count). The van der Waals surface area contributed by atoms with Crippen molar-refractivity contribution >= 4 is 28.6 Å². The number of amides is 3. The van der Waals surface area contributed by atoms with Gasteiger partial charge in [0.25, 0.3) is 0 Å². The second-order valence-electron chi connectivity index (χ2n) is 8.18. The fraction of sp³-hybridized carbons (Fsp3) is 0.455. The van der Waals surface area contributed by atoms with E-state index in [9.17, 15) is 9.59 Å². The summed E-state index contributed by atoms with van der Waals surface area (Å²) in [5, 5.41) is 7.96. The standard InChI is InChI=1S/C22H29N3O3/c1-22(2,3)28-21(27)23-15-17-11-6-7-14-25(17)20(26)24-19-13-8-10-16-9-4-5-12-18(16)19/h4-5,8-10,12-13,17H,6-7,11,14-15H2,1-3H3,(H,23,27)(H,24,26). The van der Waals surface area contributed by atoms with Crippen molar-refractivity contribution in [3.05, 3.63) is 42.5 Å². The Bertz CT molecular complexity index is 839. The molecule has 1 saturated heterocycles. The highest BCUT2D eigenvalue weighted by Gasteiger charge is 2.28. The lowest BCUT2D eigenvalue weighted by Gasteiger charge is -2.36. The Balaban J connectivity index is 1.66. The van der Waals surface area contributed by atoms with Crippen LogP contribution in [0.1, 0.15) is 40.0 Å². The van der Waals surface area contributed by atoms with Crippen molar-refractivity contribution < 1.29 is 14.3 Å². The van der Waals surface area contributed by atoms with Crippen molar-refractivity contribution in [2.75, 3.05) is 18.4 Å². The predicted octanol–water partition coefficient (Wildman–Crippen LogP) is 4.75. The first kappa shape index (κ1) is 20.0. The van der Waals surface area contributed by atoms with Crippen LogP contribution in [0.5, 0.6) is 0 Å². The average molecular weight is 383 g/mol. The van der Waals surface area contributed by atoms with Gasteiger partial charge in [0.2, 0.25) is 0 Å². The molecule has 28 heavy (non-hydrogen) atoms. The minimum Gasteiger partial charge on any atom is -0.444 e. The number of nitrogens with zero attached hydrogens (tertiary/aromatic N) is 1. The number of carbonyl (C=O) groups is 2. The Morgan fingerprint density at radius 3 is 2.64 bits per heavy atom. The van der Waals surface area contributed by atoms with Crippen LogP contribution in [0.15, 0.2) is 42.5 Å². The van der Waals surface area contributed by atoms with Crippen LogP contribution in [0.3, 0.4) is 0 Å². The van der Waals surface area contributed by atoms with Crippen molar-refractivity contribution in [2.24, 2.45) is 0 Å². The molecule has 0 spiro atoms. The molecule has 2 aromatic carbocycles. The summed E-state index contributed by atoms with van der Waals surface area (Å²) >= 11 is 0. The SMILES string of the molecule is CC(C)(C)OC(=O)NCC1CCCCN1C(=O)Nc1cccc2ccccc12. The van der Waals surface area contributed by atoms with E-state index in [1.54, 1.807) is 0 Å². The zero-order valence-electron chi connectivity index (χ0n) is 16.8. The summed E-state index contributed by atoms with van der Waals surface area (Å²) in [7, 11) is 0. The van der Waals surface area contributed by atoms with Crippen LogP contribution < -0.4 is 10.6 Å². The fourth-order valence-corrected chi connectivity index (χ4v) is 3.52. The van der Waals surface area contributed by atoms with Crippen molar-refractivity contribution in [1.29, 1.82) is 0 Å². The molecule has 2 aromatic rings. The molecule has 150 valence electrons. The number of urea groups is 1. The van der Waals surface area contributed by atoms with Gasteiger partial charge in [0.1, 0.15) is 5.60 Å². The third kappa shape index (κ3) is 5.15. The third-order valence-electron chi connectivity index (χ3n) is 4.80. The lowest BCUT2D eigenvalue weighted by atomic mass is 10.0. The molecule has 6 nitrogen and oxygen atoms in total. The second kappa shape index (κ2) is 8.50. The van der Waals surface area contributed by atoms with Crippen LogP contribution in [0.25, 0.3) is 10.8 Å². The van der Waals surface area contributed by atoms with Crippen LogP contribution in [-0.2, 0) is 4.74 Å². The summed E-state index contributed by atoms with van der Waals surface area (Å²) in [4.78, 5) is 26.8. The van der Waals surface area contributed by atoms with Crippen molar-refractivity contribution in [3.63, 3.8) is 0 Å². The highest BCUT2D eigenvalue weighted by molar-refractivity contribution is 6.01. The maximum atomic E-state index is 13.0. The van der Waals surface area contributed by atoms with Gasteiger partial charge < -0.3 is 20.3 Å². The topological polar surface area (TPSA) is 70.7 Å². The number of ether oxygens (including phenoxy) is 1. The highest BCUT2D eigenvalue weighted by atomic mass is 16.6. The van der Waals surface area contributed by atoms with Gasteiger partial charge in [0.15, 0.2) is 0 Å². The Morgan fingerprint density at radius 1 is 1.11 bits per heavy atom. The van der Waals surface area contributed by atoms with Gasteiger partial charge in [0.05, 0.1) is 11.7 Å². The number of fused-ring (bicyclic) bond motifs is 1. The number of alkyl carbamates (subject to hydrolysis) is 1. The van der Waals surface area contributed by atoms with Crippen molar-refractivity contribution in [2.45, 2.75) is 51.7 Å². The number of nitrogens with one attached hydrogen (secondary N) is 2. The maximum absolute atomic E-state index is 13.0. The first-order valence-corrected chi connectivity index (χ1v) is 9.86. The number of likely N-dealkylation sites (tertiary alicyclic amines) is 1. The molecule has 3 amide bonds. The molecule has 2 N–H and O–H groups in total. The van der Waals surface area contributed by atoms with E-state index in [2.05, 4.69) is 10.6 Å². The predicted molar refractivity (Wildman–Crippen MR) is 112 cm³/mol. The number of carbonyl (C=O) groups excluding carboxylic acids is 2. The highest BCUT2D eigenvalue weighted by Crippen LogP contribution is 2.24. The van der Waals surface area contributed by atoms with E-state index in [1.807, 2.05) is 68.1 Å². The molecule has 1 heterocycles. The Kier molecular flexibility index (Phi) is 6.07. The van der Waals surface area contributed by atoms with E-state index in [1.165, 1.54) is 0 Å². The molecule has 1 fully saturated rings. The average Bonchev–Trinajstić information content (AvgIpc) is 2.65. The van der Waals surface area contributed by atoms with Gasteiger partial charge in [-0.1, -0.05) is 36.4 Å². The van der Waals surface area contributed by atoms with Gasteiger partial charge in [-0.2, -0.15) is 0 Å². The number of benzene rings is 2. The number of anilines is 1. The van der Waals surface area contributed by atoms with Crippen LogP contribution in [0.2, 0.25) is 0 Å². The molecular weight excluding hydrogens is 354 g/mol. The lowest BCUT2D eigenvalue weighted by Crippen LogP contribution is -2.51. The molecule has 1 aliphatic rings. The summed E-state index contributed by atoms with van der Waals surface area (Å²) in [6.45, 7) is 6.56. The lowest BCUT2D eigenvalue weighted by molar-refractivity contribution is 0.0505. The quantitative estimate of drug-likeness (QED) is 0.803. The van der Waals surface area contributed by atoms with Crippen LogP contribution in [0.4, 0.5) is 15.3 Å². The molecule has 1 atom stereocenters. The smallest absolute Gasteiger partial charge is 0.407 e. The number of hydrogen-bond acceptors (Lipinski definition) is 3. The Morgan fingerprint density at radius 2 is 1.86 bits per heavy atom. The summed E-state index contributed by atoms with van der Waals surface area (Å²) in [6, 6.07) is 13.7. The molecule has 0 aromatic heterocycles. The van der Waals surface area contributed by atoms with E-state index in [0.29, 0.717) is 13.1 Å². The third-order valence-corrected chi connectivity index (χ3v) is 4.80. The molecule has 1 aliphatic heterocycles. The minimum absolute atomic E-state index is 0.0451. The van der Waals surface area contributed by atoms with E-state index >= 15 is 0 Å². The normalized spacial score (nSPS) is 17.2. The molecule has 6 heteroatoms. The fourth-order valence-electron chi connectivity index (χ4n) is 3.52. The van der Waals surface area contributed by atoms with Gasteiger partial charge in [-0.15, -0.1) is 0 Å². The van der Waals surface area contributed by atoms with Crippen LogP contribution >= 0.6 is 0 Å². The van der Waals surface area contributed by atoms with Crippen LogP contribution in [0, 0.1) is 0 Å². The maximum Gasteiger partial charge on any atom is 0.407 e. The Hall–Kier alpha value is -2.76. The van der Waals surface area contributed by atoms with Gasteiger partial charge in [0, 0.05) is 18.5 Å². The zero-order chi connectivity index (χ0) is 20.1. The first-order chi connectivity index (χ1) is 13.3. The zero-order valence-corrected chi connectivity index (χ0v) is 16.8. The minimum atomic E-state index is -0.540. The second-order valence-corrected chi connectivity index (χ2v) is 8.18. The molecular formula is C22H29N3O3. The van der Waals surface area contributed by atoms with Gasteiger partial charge in [-0.25, -0.2) is 9.59 Å². The molecule has 0 aliphatic carbocycles. The van der Waals surface area contributed by atoms with Gasteiger partial charge >= 0.3 is 12.1 Å². The molecule has 0 saturated carbocycles. The number of piperidine rings is 1. The summed E-state index contributed by atoms with van der Waals surface area (Å²) in [5.74, 6) is 0. The molecule has 0 radical (unpaired) electrons. The Labute approximate surface area is 166 Å². The monoisotopic (exact) mass is 383 g/mol. The van der Waals surface area contributed by atoms with E-state index in [0.717, 1.165) is 35.7 Å². The van der Waals surface area contributed by atoms with Crippen molar-refractivity contribution in [3.8, 4) is 0 Å². The van der Waals surface area contributed by atoms with Gasteiger partial charge in [-0.05, 0) is 51.5 Å². The van der Waals surface area contributed by atoms with E-state index in [4.69, 9.17) is 4.74 Å². The van der Waals surface area contributed by atoms with E-state index in [-0.39, 0.29) is 12.1 Å². The largest absolute Gasteiger partial charge is 0.444 e. The molecule has 0 bridgehead atoms. The first-order valence-electron chi connectivity index (χ1n) is 9.86. The number of rotatable bonds is 3. The van der Waals surface area contributed by atoms with Crippen LogP contribution in [-0.4, -0.2) is 41.8 Å². The summed E-state index contributed by atoms with van der Waals surface area (Å²) < 4.78 is 5.30. The summed E-state index contributed by atoms with van der Waals surface area (Å²) in [5.41, 5.74) is 0.259. The van der Waals surface area contributed by atoms with E-state index < -0.39 is 11.7 Å².